The lowest BCUT2D eigenvalue weighted by Crippen LogP contribution is -2.06. The van der Waals surface area contributed by atoms with Gasteiger partial charge in [-0.05, 0) is 13.0 Å². The van der Waals surface area contributed by atoms with Crippen molar-refractivity contribution < 1.29 is 0 Å². The van der Waals surface area contributed by atoms with E-state index in [1.165, 1.54) is 4.68 Å². The third kappa shape index (κ3) is 1.85. The average molecular weight is 205 g/mol. The van der Waals surface area contributed by atoms with Crippen LogP contribution in [0.1, 0.15) is 6.92 Å². The zero-order chi connectivity index (χ0) is 10.7. The smallest absolute Gasteiger partial charge is 0.253 e. The van der Waals surface area contributed by atoms with Crippen molar-refractivity contribution in [3.8, 4) is 5.95 Å². The normalized spacial score (nSPS) is 10.2. The highest BCUT2D eigenvalue weighted by molar-refractivity contribution is 5.35. The van der Waals surface area contributed by atoms with Crippen molar-refractivity contribution in [2.45, 2.75) is 6.92 Å². The first-order valence-electron chi connectivity index (χ1n) is 4.55. The molecule has 3 N–H and O–H groups in total. The molecule has 0 aliphatic carbocycles. The Kier molecular flexibility index (Phi) is 2.44. The van der Waals surface area contributed by atoms with Gasteiger partial charge in [0.1, 0.15) is 0 Å². The van der Waals surface area contributed by atoms with Crippen LogP contribution in [0.3, 0.4) is 0 Å². The number of nitrogens with two attached hydrogens (primary N) is 1. The van der Waals surface area contributed by atoms with Crippen molar-refractivity contribution in [2.24, 2.45) is 0 Å². The van der Waals surface area contributed by atoms with Crippen molar-refractivity contribution in [2.75, 3.05) is 17.6 Å². The van der Waals surface area contributed by atoms with Gasteiger partial charge in [-0.2, -0.15) is 9.67 Å². The Labute approximate surface area is 86.4 Å². The van der Waals surface area contributed by atoms with Crippen molar-refractivity contribution in [3.05, 3.63) is 18.5 Å². The van der Waals surface area contributed by atoms with Gasteiger partial charge < -0.3 is 11.1 Å². The molecule has 15 heavy (non-hydrogen) atoms. The van der Waals surface area contributed by atoms with Gasteiger partial charge in [-0.1, -0.05) is 0 Å². The molecule has 0 saturated carbocycles. The SMILES string of the molecule is CCNc1nc(N)n(-c2ncccn2)n1. The van der Waals surface area contributed by atoms with E-state index in [-0.39, 0.29) is 5.95 Å². The summed E-state index contributed by atoms with van der Waals surface area (Å²) in [5.74, 6) is 1.14. The molecule has 0 saturated heterocycles. The van der Waals surface area contributed by atoms with Gasteiger partial charge in [0.05, 0.1) is 0 Å². The van der Waals surface area contributed by atoms with Crippen LogP contribution in [0.2, 0.25) is 0 Å². The van der Waals surface area contributed by atoms with E-state index in [2.05, 4.69) is 25.4 Å². The third-order valence-electron chi connectivity index (χ3n) is 1.71. The summed E-state index contributed by atoms with van der Waals surface area (Å²) in [6.07, 6.45) is 3.24. The molecular formula is C8H11N7. The zero-order valence-electron chi connectivity index (χ0n) is 8.25. The highest BCUT2D eigenvalue weighted by Crippen LogP contribution is 2.08. The molecular weight excluding hydrogens is 194 g/mol. The Morgan fingerprint density at radius 1 is 1.40 bits per heavy atom. The minimum absolute atomic E-state index is 0.261. The monoisotopic (exact) mass is 205 g/mol. The van der Waals surface area contributed by atoms with E-state index in [9.17, 15) is 0 Å². The molecule has 0 unspecified atom stereocenters. The summed E-state index contributed by atoms with van der Waals surface area (Å²) >= 11 is 0. The van der Waals surface area contributed by atoms with Gasteiger partial charge in [0.2, 0.25) is 11.9 Å². The van der Waals surface area contributed by atoms with Gasteiger partial charge in [0.25, 0.3) is 5.95 Å². The van der Waals surface area contributed by atoms with E-state index in [4.69, 9.17) is 5.73 Å². The van der Waals surface area contributed by atoms with Gasteiger partial charge in [-0.25, -0.2) is 9.97 Å². The highest BCUT2D eigenvalue weighted by atomic mass is 15.5. The standard InChI is InChI=1S/C8H11N7/c1-2-10-7-13-6(9)15(14-7)8-11-4-3-5-12-8/h3-5H,2H2,1H3,(H3,9,10,13,14). The predicted octanol–water partition coefficient (Wildman–Crippen LogP) is 0.0713. The van der Waals surface area contributed by atoms with Gasteiger partial charge in [-0.3, -0.25) is 0 Å². The van der Waals surface area contributed by atoms with Crippen molar-refractivity contribution >= 4 is 11.9 Å². The lowest BCUT2D eigenvalue weighted by atomic mass is 10.7. The van der Waals surface area contributed by atoms with Crippen LogP contribution >= 0.6 is 0 Å². The number of nitrogen functional groups attached to an aromatic ring is 1. The first-order valence-corrected chi connectivity index (χ1v) is 4.55. The number of rotatable bonds is 3. The predicted molar refractivity (Wildman–Crippen MR) is 55.5 cm³/mol. The number of aromatic nitrogens is 5. The molecule has 0 radical (unpaired) electrons. The first kappa shape index (κ1) is 9.38. The number of anilines is 2. The van der Waals surface area contributed by atoms with Gasteiger partial charge in [-0.15, -0.1) is 5.10 Å². The van der Waals surface area contributed by atoms with Gasteiger partial charge >= 0.3 is 0 Å². The number of nitrogens with one attached hydrogen (secondary N) is 1. The molecule has 2 rings (SSSR count). The van der Waals surface area contributed by atoms with E-state index in [1.54, 1.807) is 18.5 Å². The summed E-state index contributed by atoms with van der Waals surface area (Å²) in [5, 5.41) is 7.07. The second-order valence-electron chi connectivity index (χ2n) is 2.78. The van der Waals surface area contributed by atoms with Gasteiger partial charge in [0, 0.05) is 18.9 Å². The Balaban J connectivity index is 2.36. The molecule has 0 aliphatic rings. The van der Waals surface area contributed by atoms with Crippen molar-refractivity contribution in [3.63, 3.8) is 0 Å². The largest absolute Gasteiger partial charge is 0.368 e. The zero-order valence-corrected chi connectivity index (χ0v) is 8.25. The molecule has 0 fully saturated rings. The van der Waals surface area contributed by atoms with E-state index < -0.39 is 0 Å². The maximum atomic E-state index is 5.67. The molecule has 0 spiro atoms. The molecule has 0 atom stereocenters. The molecule has 2 aromatic heterocycles. The molecule has 0 aliphatic heterocycles. The van der Waals surface area contributed by atoms with Crippen LogP contribution in [0.4, 0.5) is 11.9 Å². The second kappa shape index (κ2) is 3.91. The Morgan fingerprint density at radius 3 is 2.80 bits per heavy atom. The molecule has 2 heterocycles. The molecule has 0 aromatic carbocycles. The summed E-state index contributed by atoms with van der Waals surface area (Å²) in [5.41, 5.74) is 5.67. The van der Waals surface area contributed by atoms with Crippen LogP contribution in [0.15, 0.2) is 18.5 Å². The van der Waals surface area contributed by atoms with Crippen LogP contribution in [-0.4, -0.2) is 31.3 Å². The highest BCUT2D eigenvalue weighted by Gasteiger charge is 2.09. The lowest BCUT2D eigenvalue weighted by molar-refractivity contribution is 0.817. The van der Waals surface area contributed by atoms with Crippen LogP contribution in [0.25, 0.3) is 5.95 Å². The third-order valence-corrected chi connectivity index (χ3v) is 1.71. The summed E-state index contributed by atoms with van der Waals surface area (Å²) in [6.45, 7) is 2.69. The Bertz CT molecular complexity index is 436. The molecule has 7 nitrogen and oxygen atoms in total. The van der Waals surface area contributed by atoms with E-state index in [0.717, 1.165) is 6.54 Å². The fraction of sp³-hybridized carbons (Fsp3) is 0.250. The maximum Gasteiger partial charge on any atom is 0.253 e. The van der Waals surface area contributed by atoms with Crippen LogP contribution < -0.4 is 11.1 Å². The average Bonchev–Trinajstić information content (AvgIpc) is 2.61. The van der Waals surface area contributed by atoms with E-state index in [1.807, 2.05) is 6.92 Å². The topological polar surface area (TPSA) is 94.5 Å². The van der Waals surface area contributed by atoms with Crippen LogP contribution in [0, 0.1) is 0 Å². The fourth-order valence-corrected chi connectivity index (χ4v) is 1.10. The number of nitrogens with zero attached hydrogens (tertiary/aromatic N) is 5. The molecule has 7 heteroatoms. The van der Waals surface area contributed by atoms with Crippen LogP contribution in [0.5, 0.6) is 0 Å². The Morgan fingerprint density at radius 2 is 2.13 bits per heavy atom. The van der Waals surface area contributed by atoms with Gasteiger partial charge in [0.15, 0.2) is 0 Å². The fourth-order valence-electron chi connectivity index (χ4n) is 1.10. The molecule has 2 aromatic rings. The lowest BCUT2D eigenvalue weighted by Gasteiger charge is -1.97. The van der Waals surface area contributed by atoms with Crippen LogP contribution in [-0.2, 0) is 0 Å². The summed E-state index contributed by atoms with van der Waals surface area (Å²) < 4.78 is 1.39. The summed E-state index contributed by atoms with van der Waals surface area (Å²) in [4.78, 5) is 12.1. The molecule has 0 bridgehead atoms. The van der Waals surface area contributed by atoms with E-state index in [0.29, 0.717) is 11.9 Å². The minimum atomic E-state index is 0.261. The Hall–Kier alpha value is -2.18. The van der Waals surface area contributed by atoms with E-state index >= 15 is 0 Å². The summed E-state index contributed by atoms with van der Waals surface area (Å²) in [6, 6.07) is 1.72. The minimum Gasteiger partial charge on any atom is -0.368 e. The molecule has 78 valence electrons. The number of hydrogen-bond donors (Lipinski definition) is 2. The maximum absolute atomic E-state index is 5.67. The molecule has 0 amide bonds. The number of hydrogen-bond acceptors (Lipinski definition) is 6. The van der Waals surface area contributed by atoms with Crippen molar-refractivity contribution in [1.82, 2.24) is 24.7 Å². The first-order chi connectivity index (χ1) is 7.31. The van der Waals surface area contributed by atoms with Crippen molar-refractivity contribution in [1.29, 1.82) is 0 Å². The summed E-state index contributed by atoms with van der Waals surface area (Å²) in [7, 11) is 0. The second-order valence-corrected chi connectivity index (χ2v) is 2.78. The quantitative estimate of drug-likeness (QED) is 0.736.